The molecule has 0 fully saturated rings. The van der Waals surface area contributed by atoms with Crippen LogP contribution in [-0.4, -0.2) is 6.04 Å². The molecular weight excluding hydrogens is 346 g/mol. The Balaban J connectivity index is 2.07. The Kier molecular flexibility index (Phi) is 6.27. The van der Waals surface area contributed by atoms with E-state index in [2.05, 4.69) is 46.4 Å². The van der Waals surface area contributed by atoms with Crippen LogP contribution in [0.25, 0.3) is 0 Å². The number of thiophene rings is 1. The van der Waals surface area contributed by atoms with Gasteiger partial charge in [0.05, 0.1) is 0 Å². The molecule has 0 bridgehead atoms. The lowest BCUT2D eigenvalue weighted by atomic mass is 10.1. The zero-order valence-corrected chi connectivity index (χ0v) is 14.9. The van der Waals surface area contributed by atoms with Gasteiger partial charge in [0, 0.05) is 20.8 Å². The molecule has 0 saturated carbocycles. The van der Waals surface area contributed by atoms with Crippen molar-refractivity contribution >= 4 is 27.3 Å². The molecule has 4 heteroatoms. The summed E-state index contributed by atoms with van der Waals surface area (Å²) in [5.74, 6) is 0.877. The number of benzene rings is 1. The molecule has 0 aliphatic heterocycles. The second-order valence-corrected chi connectivity index (χ2v) is 7.17. The lowest BCUT2D eigenvalue weighted by molar-refractivity contribution is 0.184. The van der Waals surface area contributed by atoms with Crippen molar-refractivity contribution in [3.05, 3.63) is 50.6 Å². The second kappa shape index (κ2) is 7.97. The maximum atomic E-state index is 6.10. The summed E-state index contributed by atoms with van der Waals surface area (Å²) in [6, 6.07) is 10.4. The third kappa shape index (κ3) is 4.83. The van der Waals surface area contributed by atoms with E-state index in [0.717, 1.165) is 21.5 Å². The van der Waals surface area contributed by atoms with Gasteiger partial charge in [0.2, 0.25) is 0 Å². The molecular formula is C17H22BrNOS. The Morgan fingerprint density at radius 3 is 2.52 bits per heavy atom. The number of hydrogen-bond acceptors (Lipinski definition) is 3. The normalized spacial score (nSPS) is 13.9. The molecule has 0 radical (unpaired) electrons. The maximum absolute atomic E-state index is 6.10. The molecule has 0 aliphatic carbocycles. The van der Waals surface area contributed by atoms with Gasteiger partial charge in [0.1, 0.15) is 11.9 Å². The number of aryl methyl sites for hydroxylation is 1. The van der Waals surface area contributed by atoms with Gasteiger partial charge in [-0.05, 0) is 59.5 Å². The molecule has 2 unspecified atom stereocenters. The molecule has 2 aromatic rings. The molecule has 0 saturated heterocycles. The average Bonchev–Trinajstić information content (AvgIpc) is 2.89. The van der Waals surface area contributed by atoms with Crippen LogP contribution in [0.1, 0.15) is 43.2 Å². The van der Waals surface area contributed by atoms with Gasteiger partial charge in [-0.25, -0.2) is 0 Å². The van der Waals surface area contributed by atoms with E-state index in [4.69, 9.17) is 10.5 Å². The molecule has 0 amide bonds. The van der Waals surface area contributed by atoms with Crippen molar-refractivity contribution in [1.82, 2.24) is 0 Å². The molecule has 2 nitrogen and oxygen atoms in total. The zero-order chi connectivity index (χ0) is 15.2. The van der Waals surface area contributed by atoms with Gasteiger partial charge in [-0.1, -0.05) is 25.5 Å². The van der Waals surface area contributed by atoms with E-state index in [-0.39, 0.29) is 12.1 Å². The summed E-state index contributed by atoms with van der Waals surface area (Å²) in [6.07, 6.45) is 3.47. The fraction of sp³-hybridized carbons (Fsp3) is 0.412. The predicted molar refractivity (Wildman–Crippen MR) is 94.1 cm³/mol. The Morgan fingerprint density at radius 1 is 1.29 bits per heavy atom. The van der Waals surface area contributed by atoms with Crippen LogP contribution in [0.15, 0.2) is 40.2 Å². The van der Waals surface area contributed by atoms with Gasteiger partial charge < -0.3 is 10.5 Å². The molecule has 2 N–H and O–H groups in total. The first kappa shape index (κ1) is 16.5. The molecule has 114 valence electrons. The summed E-state index contributed by atoms with van der Waals surface area (Å²) in [5, 5.41) is 2.06. The van der Waals surface area contributed by atoms with Gasteiger partial charge in [-0.3, -0.25) is 0 Å². The second-order valence-electron chi connectivity index (χ2n) is 5.31. The van der Waals surface area contributed by atoms with E-state index in [1.165, 1.54) is 18.4 Å². The van der Waals surface area contributed by atoms with Crippen molar-refractivity contribution in [1.29, 1.82) is 0 Å². The Hall–Kier alpha value is -0.840. The molecule has 1 heterocycles. The number of nitrogens with two attached hydrogens (primary N) is 1. The topological polar surface area (TPSA) is 35.2 Å². The minimum Gasteiger partial charge on any atom is -0.483 e. The fourth-order valence-electron chi connectivity index (χ4n) is 2.16. The van der Waals surface area contributed by atoms with Gasteiger partial charge in [0.25, 0.3) is 0 Å². The van der Waals surface area contributed by atoms with E-state index in [9.17, 15) is 0 Å². The highest BCUT2D eigenvalue weighted by Gasteiger charge is 2.20. The summed E-state index contributed by atoms with van der Waals surface area (Å²) in [5.41, 5.74) is 7.45. The summed E-state index contributed by atoms with van der Waals surface area (Å²) < 4.78 is 7.17. The lowest BCUT2D eigenvalue weighted by Crippen LogP contribution is -2.28. The van der Waals surface area contributed by atoms with E-state index >= 15 is 0 Å². The van der Waals surface area contributed by atoms with Crippen LogP contribution in [0.2, 0.25) is 0 Å². The van der Waals surface area contributed by atoms with E-state index < -0.39 is 0 Å². The van der Waals surface area contributed by atoms with Gasteiger partial charge >= 0.3 is 0 Å². The van der Waals surface area contributed by atoms with Crippen molar-refractivity contribution in [2.24, 2.45) is 5.73 Å². The zero-order valence-electron chi connectivity index (χ0n) is 12.5. The van der Waals surface area contributed by atoms with Crippen molar-refractivity contribution in [2.45, 2.75) is 45.3 Å². The predicted octanol–water partition coefficient (Wildman–Crippen LogP) is 5.32. The van der Waals surface area contributed by atoms with Gasteiger partial charge in [-0.2, -0.15) is 0 Å². The van der Waals surface area contributed by atoms with E-state index in [1.807, 2.05) is 19.1 Å². The summed E-state index contributed by atoms with van der Waals surface area (Å²) in [6.45, 7) is 4.19. The third-order valence-corrected chi connectivity index (χ3v) is 5.11. The highest BCUT2D eigenvalue weighted by atomic mass is 79.9. The standard InChI is InChI=1S/C17H22BrNOS/c1-3-4-5-13-6-8-15(9-7-13)20-17(12(2)19)16-10-14(18)11-21-16/h6-12,17H,3-5,19H2,1-2H3. The fourth-order valence-corrected chi connectivity index (χ4v) is 3.75. The number of halogens is 1. The summed E-state index contributed by atoms with van der Waals surface area (Å²) >= 11 is 5.15. The number of ether oxygens (including phenoxy) is 1. The van der Waals surface area contributed by atoms with Crippen LogP contribution in [0.4, 0.5) is 0 Å². The quantitative estimate of drug-likeness (QED) is 0.718. The summed E-state index contributed by atoms with van der Waals surface area (Å²) in [4.78, 5) is 1.15. The van der Waals surface area contributed by atoms with Gasteiger partial charge in [-0.15, -0.1) is 11.3 Å². The average molecular weight is 368 g/mol. The van der Waals surface area contributed by atoms with Crippen LogP contribution >= 0.6 is 27.3 Å². The lowest BCUT2D eigenvalue weighted by Gasteiger charge is -2.21. The Morgan fingerprint density at radius 2 is 2.00 bits per heavy atom. The van der Waals surface area contributed by atoms with Crippen molar-refractivity contribution in [3.8, 4) is 5.75 Å². The minimum absolute atomic E-state index is 0.0599. The first-order valence-corrected chi connectivity index (χ1v) is 9.02. The van der Waals surface area contributed by atoms with Crippen molar-refractivity contribution < 1.29 is 4.74 Å². The van der Waals surface area contributed by atoms with Crippen LogP contribution in [0, 0.1) is 0 Å². The van der Waals surface area contributed by atoms with E-state index in [1.54, 1.807) is 11.3 Å². The van der Waals surface area contributed by atoms with Crippen LogP contribution in [0.5, 0.6) is 5.75 Å². The maximum Gasteiger partial charge on any atom is 0.148 e. The minimum atomic E-state index is -0.109. The third-order valence-electron chi connectivity index (χ3n) is 3.35. The molecule has 0 aliphatic rings. The first-order valence-electron chi connectivity index (χ1n) is 7.35. The van der Waals surface area contributed by atoms with Crippen molar-refractivity contribution in [2.75, 3.05) is 0 Å². The number of unbranched alkanes of at least 4 members (excludes halogenated alkanes) is 1. The summed E-state index contributed by atoms with van der Waals surface area (Å²) in [7, 11) is 0. The Labute approximate surface area is 139 Å². The van der Waals surface area contributed by atoms with Gasteiger partial charge in [0.15, 0.2) is 0 Å². The number of rotatable bonds is 7. The first-order chi connectivity index (χ1) is 10.1. The molecule has 0 spiro atoms. The van der Waals surface area contributed by atoms with Crippen LogP contribution in [-0.2, 0) is 6.42 Å². The molecule has 1 aromatic carbocycles. The molecule has 2 atom stereocenters. The van der Waals surface area contributed by atoms with E-state index in [0.29, 0.717) is 0 Å². The number of hydrogen-bond donors (Lipinski definition) is 1. The molecule has 21 heavy (non-hydrogen) atoms. The smallest absolute Gasteiger partial charge is 0.148 e. The molecule has 2 rings (SSSR count). The molecule has 1 aromatic heterocycles. The monoisotopic (exact) mass is 367 g/mol. The van der Waals surface area contributed by atoms with Crippen LogP contribution in [0.3, 0.4) is 0 Å². The SMILES string of the molecule is CCCCc1ccc(OC(c2cc(Br)cs2)C(C)N)cc1. The van der Waals surface area contributed by atoms with Crippen molar-refractivity contribution in [3.63, 3.8) is 0 Å². The largest absolute Gasteiger partial charge is 0.483 e. The Bertz CT molecular complexity index is 550. The highest BCUT2D eigenvalue weighted by molar-refractivity contribution is 9.10. The highest BCUT2D eigenvalue weighted by Crippen LogP contribution is 2.31. The van der Waals surface area contributed by atoms with Crippen LogP contribution < -0.4 is 10.5 Å².